The number of hydrogen-bond acceptors (Lipinski definition) is 5. The van der Waals surface area contributed by atoms with E-state index in [0.29, 0.717) is 12.6 Å². The fourth-order valence-corrected chi connectivity index (χ4v) is 1.41. The van der Waals surface area contributed by atoms with E-state index in [9.17, 15) is 0 Å². The van der Waals surface area contributed by atoms with Crippen LogP contribution < -0.4 is 11.1 Å². The molecular formula is C6H12N4S. The molecule has 3 N–H and O–H groups in total. The van der Waals surface area contributed by atoms with Crippen LogP contribution in [0.4, 0.5) is 5.13 Å². The molecule has 0 aromatic carbocycles. The molecule has 4 nitrogen and oxygen atoms in total. The molecule has 1 aromatic rings. The first-order valence-electron chi connectivity index (χ1n) is 3.51. The van der Waals surface area contributed by atoms with E-state index in [1.165, 1.54) is 11.3 Å². The maximum Gasteiger partial charge on any atom is 0.205 e. The van der Waals surface area contributed by atoms with Gasteiger partial charge in [0.2, 0.25) is 5.13 Å². The molecule has 5 heteroatoms. The Bertz CT molecular complexity index is 220. The van der Waals surface area contributed by atoms with Crippen LogP contribution >= 0.6 is 11.3 Å². The monoisotopic (exact) mass is 172 g/mol. The molecule has 0 unspecified atom stereocenters. The van der Waals surface area contributed by atoms with E-state index in [1.807, 2.05) is 0 Å². The smallest absolute Gasteiger partial charge is 0.205 e. The highest BCUT2D eigenvalue weighted by Crippen LogP contribution is 2.14. The van der Waals surface area contributed by atoms with E-state index in [0.717, 1.165) is 10.1 Å². The molecule has 0 aliphatic carbocycles. The fraction of sp³-hybridized carbons (Fsp3) is 0.667. The molecule has 0 atom stereocenters. The Morgan fingerprint density at radius 1 is 1.55 bits per heavy atom. The van der Waals surface area contributed by atoms with Crippen LogP contribution in [0.3, 0.4) is 0 Å². The van der Waals surface area contributed by atoms with Crippen molar-refractivity contribution >= 4 is 16.5 Å². The zero-order valence-corrected chi connectivity index (χ0v) is 7.48. The van der Waals surface area contributed by atoms with Gasteiger partial charge in [0, 0.05) is 12.6 Å². The lowest BCUT2D eigenvalue weighted by atomic mass is 10.4. The Labute approximate surface area is 69.8 Å². The van der Waals surface area contributed by atoms with Crippen molar-refractivity contribution in [2.45, 2.75) is 26.4 Å². The lowest BCUT2D eigenvalue weighted by Gasteiger charge is -2.02. The van der Waals surface area contributed by atoms with Gasteiger partial charge in [0.05, 0.1) is 0 Å². The Morgan fingerprint density at radius 3 is 2.73 bits per heavy atom. The van der Waals surface area contributed by atoms with Gasteiger partial charge >= 0.3 is 0 Å². The third-order valence-electron chi connectivity index (χ3n) is 1.05. The van der Waals surface area contributed by atoms with Crippen LogP contribution in [0.2, 0.25) is 0 Å². The molecule has 62 valence electrons. The lowest BCUT2D eigenvalue weighted by Crippen LogP contribution is -2.08. The number of nitrogens with two attached hydrogens (primary N) is 1. The van der Waals surface area contributed by atoms with E-state index in [4.69, 9.17) is 5.73 Å². The first-order chi connectivity index (χ1) is 5.22. The molecule has 0 fully saturated rings. The number of aromatic nitrogens is 2. The summed E-state index contributed by atoms with van der Waals surface area (Å²) in [5, 5.41) is 12.6. The van der Waals surface area contributed by atoms with Crippen LogP contribution in [0.1, 0.15) is 18.9 Å². The van der Waals surface area contributed by atoms with Gasteiger partial charge in [-0.3, -0.25) is 0 Å². The van der Waals surface area contributed by atoms with Crippen molar-refractivity contribution < 1.29 is 0 Å². The van der Waals surface area contributed by atoms with Gasteiger partial charge in [0.1, 0.15) is 5.01 Å². The first kappa shape index (κ1) is 8.42. The minimum atomic E-state index is 0.397. The number of hydrogen-bond donors (Lipinski definition) is 2. The van der Waals surface area contributed by atoms with Gasteiger partial charge in [-0.25, -0.2) is 0 Å². The highest BCUT2D eigenvalue weighted by molar-refractivity contribution is 7.15. The molecule has 0 aliphatic rings. The van der Waals surface area contributed by atoms with Crippen LogP contribution in [-0.4, -0.2) is 16.2 Å². The van der Waals surface area contributed by atoms with Crippen molar-refractivity contribution in [3.05, 3.63) is 5.01 Å². The van der Waals surface area contributed by atoms with Gasteiger partial charge < -0.3 is 11.1 Å². The Hall–Kier alpha value is -0.680. The van der Waals surface area contributed by atoms with E-state index in [2.05, 4.69) is 29.4 Å². The fourth-order valence-electron chi connectivity index (χ4n) is 0.641. The third kappa shape index (κ3) is 2.44. The molecular weight excluding hydrogens is 160 g/mol. The summed E-state index contributed by atoms with van der Waals surface area (Å²) in [5.41, 5.74) is 5.37. The van der Waals surface area contributed by atoms with E-state index >= 15 is 0 Å². The van der Waals surface area contributed by atoms with Crippen molar-refractivity contribution in [3.8, 4) is 0 Å². The molecule has 0 aliphatic heterocycles. The molecule has 1 heterocycles. The zero-order valence-electron chi connectivity index (χ0n) is 6.66. The van der Waals surface area contributed by atoms with Crippen molar-refractivity contribution in [1.82, 2.24) is 10.2 Å². The predicted octanol–water partition coefficient (Wildman–Crippen LogP) is 0.817. The van der Waals surface area contributed by atoms with Gasteiger partial charge in [-0.05, 0) is 13.8 Å². The van der Waals surface area contributed by atoms with Crippen molar-refractivity contribution in [2.75, 3.05) is 5.32 Å². The molecule has 0 saturated heterocycles. The first-order valence-corrected chi connectivity index (χ1v) is 4.33. The summed E-state index contributed by atoms with van der Waals surface area (Å²) >= 11 is 1.50. The second kappa shape index (κ2) is 3.64. The summed E-state index contributed by atoms with van der Waals surface area (Å²) in [4.78, 5) is 0. The maximum absolute atomic E-state index is 5.37. The Kier molecular flexibility index (Phi) is 2.78. The summed E-state index contributed by atoms with van der Waals surface area (Å²) in [5.74, 6) is 0. The quantitative estimate of drug-likeness (QED) is 0.708. The molecule has 0 amide bonds. The number of rotatable bonds is 3. The molecule has 0 saturated carbocycles. The second-order valence-corrected chi connectivity index (χ2v) is 3.57. The summed E-state index contributed by atoms with van der Waals surface area (Å²) in [6, 6.07) is 0.397. The summed E-state index contributed by atoms with van der Waals surface area (Å²) in [7, 11) is 0. The summed E-state index contributed by atoms with van der Waals surface area (Å²) < 4.78 is 0. The number of anilines is 1. The largest absolute Gasteiger partial charge is 0.358 e. The van der Waals surface area contributed by atoms with E-state index in [1.54, 1.807) is 0 Å². The van der Waals surface area contributed by atoms with Gasteiger partial charge in [-0.15, -0.1) is 10.2 Å². The number of nitrogens with one attached hydrogen (secondary N) is 1. The molecule has 1 rings (SSSR count). The molecule has 0 bridgehead atoms. The summed E-state index contributed by atoms with van der Waals surface area (Å²) in [6.07, 6.45) is 0. The van der Waals surface area contributed by atoms with Crippen LogP contribution in [0.5, 0.6) is 0 Å². The SMILES string of the molecule is CC(C)Nc1nnc(CN)s1. The molecule has 0 spiro atoms. The molecule has 0 radical (unpaired) electrons. The van der Waals surface area contributed by atoms with Crippen molar-refractivity contribution in [1.29, 1.82) is 0 Å². The Morgan fingerprint density at radius 2 is 2.27 bits per heavy atom. The van der Waals surface area contributed by atoms with Gasteiger partial charge in [-0.2, -0.15) is 0 Å². The highest BCUT2D eigenvalue weighted by Gasteiger charge is 2.01. The van der Waals surface area contributed by atoms with Crippen molar-refractivity contribution in [3.63, 3.8) is 0 Å². The van der Waals surface area contributed by atoms with Crippen LogP contribution in [0, 0.1) is 0 Å². The zero-order chi connectivity index (χ0) is 8.27. The minimum Gasteiger partial charge on any atom is -0.358 e. The topological polar surface area (TPSA) is 63.8 Å². The van der Waals surface area contributed by atoms with Gasteiger partial charge in [0.25, 0.3) is 0 Å². The summed E-state index contributed by atoms with van der Waals surface area (Å²) in [6.45, 7) is 4.59. The lowest BCUT2D eigenvalue weighted by molar-refractivity contribution is 0.881. The highest BCUT2D eigenvalue weighted by atomic mass is 32.1. The molecule has 11 heavy (non-hydrogen) atoms. The maximum atomic E-state index is 5.37. The van der Waals surface area contributed by atoms with Crippen molar-refractivity contribution in [2.24, 2.45) is 5.73 Å². The minimum absolute atomic E-state index is 0.397. The van der Waals surface area contributed by atoms with E-state index in [-0.39, 0.29) is 0 Å². The van der Waals surface area contributed by atoms with Gasteiger partial charge in [0.15, 0.2) is 0 Å². The number of nitrogens with zero attached hydrogens (tertiary/aromatic N) is 2. The average Bonchev–Trinajstić information content (AvgIpc) is 2.34. The second-order valence-electron chi connectivity index (χ2n) is 2.50. The standard InChI is InChI=1S/C6H12N4S/c1-4(2)8-6-10-9-5(3-7)11-6/h4H,3,7H2,1-2H3,(H,8,10). The van der Waals surface area contributed by atoms with E-state index < -0.39 is 0 Å². The normalized spacial score (nSPS) is 10.5. The average molecular weight is 172 g/mol. The molecule has 1 aromatic heterocycles. The van der Waals surface area contributed by atoms with Gasteiger partial charge in [-0.1, -0.05) is 11.3 Å². The predicted molar refractivity (Wildman–Crippen MR) is 46.6 cm³/mol. The third-order valence-corrected chi connectivity index (χ3v) is 1.93. The van der Waals surface area contributed by atoms with Crippen LogP contribution in [0.15, 0.2) is 0 Å². The van der Waals surface area contributed by atoms with Crippen LogP contribution in [-0.2, 0) is 6.54 Å². The Balaban J connectivity index is 2.58. The van der Waals surface area contributed by atoms with Crippen LogP contribution in [0.25, 0.3) is 0 Å².